The maximum absolute atomic E-state index is 13.6. The van der Waals surface area contributed by atoms with Crippen molar-refractivity contribution in [3.05, 3.63) is 34.6 Å². The van der Waals surface area contributed by atoms with Crippen molar-refractivity contribution in [3.63, 3.8) is 0 Å². The lowest BCUT2D eigenvalue weighted by Gasteiger charge is -2.08. The van der Waals surface area contributed by atoms with Crippen LogP contribution in [-0.2, 0) is 21.3 Å². The van der Waals surface area contributed by atoms with Crippen LogP contribution >= 0.6 is 15.9 Å². The van der Waals surface area contributed by atoms with Crippen molar-refractivity contribution in [2.75, 3.05) is 6.61 Å². The summed E-state index contributed by atoms with van der Waals surface area (Å²) in [6.07, 6.45) is -0.0108. The number of aryl methyl sites for hydroxylation is 1. The fraction of sp³-hybridized carbons (Fsp3) is 0.417. The van der Waals surface area contributed by atoms with Crippen LogP contribution in [0.1, 0.15) is 23.6 Å². The molecule has 0 aliphatic rings. The van der Waals surface area contributed by atoms with E-state index >= 15 is 0 Å². The highest BCUT2D eigenvalue weighted by atomic mass is 79.9. The molecule has 0 spiro atoms. The largest absolute Gasteiger partial charge is 0.466 e. The van der Waals surface area contributed by atoms with Gasteiger partial charge in [0.25, 0.3) is 0 Å². The molecule has 0 radical (unpaired) electrons. The molecule has 0 heterocycles. The van der Waals surface area contributed by atoms with Gasteiger partial charge in [-0.05, 0) is 36.6 Å². The summed E-state index contributed by atoms with van der Waals surface area (Å²) >= 11 is 3.28. The highest BCUT2D eigenvalue weighted by molar-refractivity contribution is 9.08. The van der Waals surface area contributed by atoms with E-state index in [2.05, 4.69) is 15.9 Å². The van der Waals surface area contributed by atoms with Gasteiger partial charge in [0.15, 0.2) is 0 Å². The predicted octanol–water partition coefficient (Wildman–Crippen LogP) is 3.13. The van der Waals surface area contributed by atoms with Crippen molar-refractivity contribution in [3.8, 4) is 0 Å². The van der Waals surface area contributed by atoms with Crippen LogP contribution in [-0.4, -0.2) is 12.6 Å². The highest BCUT2D eigenvalue weighted by Gasteiger charge is 2.11. The van der Waals surface area contributed by atoms with Crippen LogP contribution in [0.15, 0.2) is 12.1 Å². The Kier molecular flexibility index (Phi) is 4.93. The van der Waals surface area contributed by atoms with Crippen LogP contribution < -0.4 is 0 Å². The Bertz CT molecular complexity index is 391. The SMILES string of the molecule is CCOC(=O)Cc1cc(C)c(CBr)cc1F. The molecule has 0 fully saturated rings. The number of esters is 1. The summed E-state index contributed by atoms with van der Waals surface area (Å²) in [6, 6.07) is 3.15. The Balaban J connectivity index is 2.89. The molecule has 0 atom stereocenters. The number of carbonyl (C=O) groups is 1. The number of halogens is 2. The van der Waals surface area contributed by atoms with E-state index in [0.717, 1.165) is 11.1 Å². The molecule has 16 heavy (non-hydrogen) atoms. The average Bonchev–Trinajstić information content (AvgIpc) is 2.23. The maximum Gasteiger partial charge on any atom is 0.310 e. The van der Waals surface area contributed by atoms with Gasteiger partial charge in [0, 0.05) is 5.33 Å². The summed E-state index contributed by atoms with van der Waals surface area (Å²) in [5.41, 5.74) is 2.25. The first-order valence-electron chi connectivity index (χ1n) is 5.08. The molecule has 0 aliphatic heterocycles. The Morgan fingerprint density at radius 1 is 1.44 bits per heavy atom. The van der Waals surface area contributed by atoms with E-state index in [1.807, 2.05) is 6.92 Å². The Labute approximate surface area is 103 Å². The lowest BCUT2D eigenvalue weighted by molar-refractivity contribution is -0.142. The Morgan fingerprint density at radius 2 is 2.12 bits per heavy atom. The number of alkyl halides is 1. The van der Waals surface area contributed by atoms with Crippen LogP contribution in [0.4, 0.5) is 4.39 Å². The van der Waals surface area contributed by atoms with Crippen molar-refractivity contribution < 1.29 is 13.9 Å². The van der Waals surface area contributed by atoms with Gasteiger partial charge < -0.3 is 4.74 Å². The van der Waals surface area contributed by atoms with E-state index in [4.69, 9.17) is 4.74 Å². The van der Waals surface area contributed by atoms with Crippen molar-refractivity contribution in [1.29, 1.82) is 0 Å². The lowest BCUT2D eigenvalue weighted by Crippen LogP contribution is -2.09. The molecule has 0 amide bonds. The molecule has 1 aromatic carbocycles. The number of hydrogen-bond acceptors (Lipinski definition) is 2. The minimum atomic E-state index is -0.396. The van der Waals surface area contributed by atoms with Crippen LogP contribution in [0.3, 0.4) is 0 Å². The molecular weight excluding hydrogens is 275 g/mol. The van der Waals surface area contributed by atoms with Gasteiger partial charge in [-0.2, -0.15) is 0 Å². The van der Waals surface area contributed by atoms with Crippen molar-refractivity contribution in [1.82, 2.24) is 0 Å². The van der Waals surface area contributed by atoms with E-state index in [9.17, 15) is 9.18 Å². The van der Waals surface area contributed by atoms with Gasteiger partial charge in [-0.15, -0.1) is 0 Å². The zero-order valence-corrected chi connectivity index (χ0v) is 10.9. The second kappa shape index (κ2) is 5.99. The molecular formula is C12H14BrFO2. The summed E-state index contributed by atoms with van der Waals surface area (Å²) in [5.74, 6) is -0.750. The molecule has 0 bridgehead atoms. The zero-order valence-electron chi connectivity index (χ0n) is 9.35. The van der Waals surface area contributed by atoms with Gasteiger partial charge in [0.1, 0.15) is 5.82 Å². The summed E-state index contributed by atoms with van der Waals surface area (Å²) < 4.78 is 18.4. The second-order valence-electron chi connectivity index (χ2n) is 3.49. The quantitative estimate of drug-likeness (QED) is 0.629. The molecule has 88 valence electrons. The van der Waals surface area contributed by atoms with E-state index in [0.29, 0.717) is 17.5 Å². The summed E-state index contributed by atoms with van der Waals surface area (Å²) in [6.45, 7) is 3.94. The van der Waals surface area contributed by atoms with Crippen LogP contribution in [0, 0.1) is 12.7 Å². The molecule has 1 aromatic rings. The third kappa shape index (κ3) is 3.30. The van der Waals surface area contributed by atoms with Gasteiger partial charge >= 0.3 is 5.97 Å². The monoisotopic (exact) mass is 288 g/mol. The number of rotatable bonds is 4. The summed E-state index contributed by atoms with van der Waals surface area (Å²) in [4.78, 5) is 11.2. The number of carbonyl (C=O) groups excluding carboxylic acids is 1. The van der Waals surface area contributed by atoms with Crippen LogP contribution in [0.2, 0.25) is 0 Å². The standard InChI is InChI=1S/C12H14BrFO2/c1-3-16-12(15)6-9-4-8(2)10(7-13)5-11(9)14/h4-5H,3,6-7H2,1-2H3. The van der Waals surface area contributed by atoms with Gasteiger partial charge in [-0.3, -0.25) is 4.79 Å². The summed E-state index contributed by atoms with van der Waals surface area (Å²) in [5, 5.41) is 0.607. The molecule has 0 N–H and O–H groups in total. The molecule has 0 unspecified atom stereocenters. The molecule has 0 aromatic heterocycles. The first kappa shape index (κ1) is 13.2. The van der Waals surface area contributed by atoms with Gasteiger partial charge in [0.05, 0.1) is 13.0 Å². The first-order chi connectivity index (χ1) is 7.58. The van der Waals surface area contributed by atoms with Crippen LogP contribution in [0.25, 0.3) is 0 Å². The fourth-order valence-electron chi connectivity index (χ4n) is 1.43. The van der Waals surface area contributed by atoms with Gasteiger partial charge in [-0.25, -0.2) is 4.39 Å². The minimum Gasteiger partial charge on any atom is -0.466 e. The normalized spacial score (nSPS) is 10.2. The van der Waals surface area contributed by atoms with Crippen molar-refractivity contribution in [2.45, 2.75) is 25.6 Å². The lowest BCUT2D eigenvalue weighted by atomic mass is 10.0. The number of hydrogen-bond donors (Lipinski definition) is 0. The average molecular weight is 289 g/mol. The van der Waals surface area contributed by atoms with Crippen LogP contribution in [0.5, 0.6) is 0 Å². The number of ether oxygens (including phenoxy) is 1. The minimum absolute atomic E-state index is 0.0108. The molecule has 0 aliphatic carbocycles. The first-order valence-corrected chi connectivity index (χ1v) is 6.20. The van der Waals surface area contributed by atoms with Gasteiger partial charge in [0.2, 0.25) is 0 Å². The Hall–Kier alpha value is -0.900. The fourth-order valence-corrected chi connectivity index (χ4v) is 2.03. The molecule has 4 heteroatoms. The third-order valence-corrected chi connectivity index (χ3v) is 2.89. The highest BCUT2D eigenvalue weighted by Crippen LogP contribution is 2.18. The van der Waals surface area contributed by atoms with Crippen molar-refractivity contribution in [2.24, 2.45) is 0 Å². The smallest absolute Gasteiger partial charge is 0.310 e. The maximum atomic E-state index is 13.6. The predicted molar refractivity (Wildman–Crippen MR) is 64.1 cm³/mol. The summed E-state index contributed by atoms with van der Waals surface area (Å²) in [7, 11) is 0. The van der Waals surface area contributed by atoms with E-state index in [1.54, 1.807) is 13.0 Å². The second-order valence-corrected chi connectivity index (χ2v) is 4.05. The molecule has 1 rings (SSSR count). The molecule has 0 saturated carbocycles. The Morgan fingerprint density at radius 3 is 2.69 bits per heavy atom. The molecule has 2 nitrogen and oxygen atoms in total. The van der Waals surface area contributed by atoms with E-state index < -0.39 is 5.97 Å². The zero-order chi connectivity index (χ0) is 12.1. The van der Waals surface area contributed by atoms with Crippen molar-refractivity contribution >= 4 is 21.9 Å². The van der Waals surface area contributed by atoms with E-state index in [1.165, 1.54) is 6.07 Å². The third-order valence-electron chi connectivity index (χ3n) is 2.29. The number of benzene rings is 1. The molecule has 0 saturated heterocycles. The van der Waals surface area contributed by atoms with E-state index in [-0.39, 0.29) is 12.2 Å². The topological polar surface area (TPSA) is 26.3 Å². The van der Waals surface area contributed by atoms with Gasteiger partial charge in [-0.1, -0.05) is 22.0 Å².